The van der Waals surface area contributed by atoms with Crippen molar-refractivity contribution < 1.29 is 8.42 Å². The van der Waals surface area contributed by atoms with Crippen LogP contribution >= 0.6 is 0 Å². The van der Waals surface area contributed by atoms with Crippen LogP contribution in [0.25, 0.3) is 0 Å². The van der Waals surface area contributed by atoms with Crippen molar-refractivity contribution in [2.24, 2.45) is 0 Å². The second-order valence-corrected chi connectivity index (χ2v) is 7.30. The van der Waals surface area contributed by atoms with Crippen LogP contribution in [0, 0.1) is 0 Å². The zero-order valence-corrected chi connectivity index (χ0v) is 13.4. The van der Waals surface area contributed by atoms with E-state index in [4.69, 9.17) is 0 Å². The predicted molar refractivity (Wildman–Crippen MR) is 78.8 cm³/mol. The van der Waals surface area contributed by atoms with E-state index in [9.17, 15) is 8.42 Å². The van der Waals surface area contributed by atoms with E-state index in [-0.39, 0.29) is 5.75 Å². The number of nitrogens with zero attached hydrogens (tertiary/aromatic N) is 1. The molecule has 18 heavy (non-hydrogen) atoms. The van der Waals surface area contributed by atoms with E-state index < -0.39 is 9.84 Å². The van der Waals surface area contributed by atoms with E-state index in [0.29, 0.717) is 18.6 Å². The van der Waals surface area contributed by atoms with Crippen molar-refractivity contribution in [3.8, 4) is 0 Å². The third-order valence-corrected chi connectivity index (χ3v) is 4.25. The number of nitrogens with one attached hydrogen (secondary N) is 1. The minimum absolute atomic E-state index is 0.241. The highest BCUT2D eigenvalue weighted by atomic mass is 32.2. The van der Waals surface area contributed by atoms with E-state index in [1.807, 2.05) is 7.05 Å². The third kappa shape index (κ3) is 7.34. The second-order valence-electron chi connectivity index (χ2n) is 5.04. The van der Waals surface area contributed by atoms with E-state index in [2.05, 4.69) is 31.0 Å². The molecule has 110 valence electrons. The molecule has 0 bridgehead atoms. The average Bonchev–Trinajstić information content (AvgIpc) is 2.27. The predicted octanol–water partition coefficient (Wildman–Crippen LogP) is 1.52. The van der Waals surface area contributed by atoms with Gasteiger partial charge < -0.3 is 10.2 Å². The lowest BCUT2D eigenvalue weighted by atomic mass is 9.99. The summed E-state index contributed by atoms with van der Waals surface area (Å²) >= 11 is 0. The summed E-state index contributed by atoms with van der Waals surface area (Å²) in [6.45, 7) is 8.05. The number of hydrogen-bond donors (Lipinski definition) is 1. The maximum atomic E-state index is 11.2. The Morgan fingerprint density at radius 1 is 1.22 bits per heavy atom. The zero-order valence-electron chi connectivity index (χ0n) is 12.6. The minimum Gasteiger partial charge on any atom is -0.313 e. The normalized spacial score (nSPS) is 15.9. The fraction of sp³-hybridized carbons (Fsp3) is 1.00. The molecule has 0 fully saturated rings. The Labute approximate surface area is 113 Å². The maximum Gasteiger partial charge on any atom is 0.148 e. The summed E-state index contributed by atoms with van der Waals surface area (Å²) in [6, 6.07) is 0.862. The van der Waals surface area contributed by atoms with Gasteiger partial charge in [0.2, 0.25) is 0 Å². The van der Waals surface area contributed by atoms with Crippen molar-refractivity contribution in [3.63, 3.8) is 0 Å². The van der Waals surface area contributed by atoms with Crippen LogP contribution in [0.15, 0.2) is 0 Å². The van der Waals surface area contributed by atoms with Gasteiger partial charge in [0.1, 0.15) is 9.84 Å². The van der Waals surface area contributed by atoms with E-state index >= 15 is 0 Å². The van der Waals surface area contributed by atoms with Crippen molar-refractivity contribution >= 4 is 9.84 Å². The quantitative estimate of drug-likeness (QED) is 0.658. The highest BCUT2D eigenvalue weighted by molar-refractivity contribution is 7.90. The molecule has 0 aliphatic carbocycles. The van der Waals surface area contributed by atoms with Gasteiger partial charge in [-0.1, -0.05) is 27.2 Å². The lowest BCUT2D eigenvalue weighted by Crippen LogP contribution is -2.49. The van der Waals surface area contributed by atoms with Gasteiger partial charge in [-0.15, -0.1) is 0 Å². The minimum atomic E-state index is -2.87. The highest BCUT2D eigenvalue weighted by Crippen LogP contribution is 2.12. The third-order valence-electron chi connectivity index (χ3n) is 3.33. The Hall–Kier alpha value is -0.130. The van der Waals surface area contributed by atoms with Crippen molar-refractivity contribution in [3.05, 3.63) is 0 Å². The van der Waals surface area contributed by atoms with Gasteiger partial charge in [-0.3, -0.25) is 0 Å². The molecule has 0 aliphatic heterocycles. The second kappa shape index (κ2) is 8.88. The van der Waals surface area contributed by atoms with Gasteiger partial charge >= 0.3 is 0 Å². The van der Waals surface area contributed by atoms with E-state index in [0.717, 1.165) is 25.8 Å². The zero-order chi connectivity index (χ0) is 14.2. The first-order chi connectivity index (χ1) is 8.35. The number of sulfone groups is 1. The SMILES string of the molecule is CCCC(NCC)C(CC)N(C)CCS(C)(=O)=O. The number of rotatable bonds is 10. The van der Waals surface area contributed by atoms with Crippen LogP contribution in [-0.4, -0.2) is 57.5 Å². The molecule has 4 nitrogen and oxygen atoms in total. The molecule has 0 spiro atoms. The van der Waals surface area contributed by atoms with Gasteiger partial charge in [0.15, 0.2) is 0 Å². The van der Waals surface area contributed by atoms with Gasteiger partial charge in [-0.05, 0) is 26.4 Å². The van der Waals surface area contributed by atoms with Crippen LogP contribution < -0.4 is 5.32 Å². The molecule has 5 heteroatoms. The van der Waals surface area contributed by atoms with Gasteiger partial charge in [0, 0.05) is 24.9 Å². The molecule has 2 unspecified atom stereocenters. The fourth-order valence-corrected chi connectivity index (χ4v) is 3.00. The summed E-state index contributed by atoms with van der Waals surface area (Å²) in [5, 5.41) is 3.52. The van der Waals surface area contributed by atoms with Crippen molar-refractivity contribution in [1.29, 1.82) is 0 Å². The fourth-order valence-electron chi connectivity index (χ4n) is 2.38. The van der Waals surface area contributed by atoms with Crippen LogP contribution in [0.2, 0.25) is 0 Å². The molecule has 0 aromatic carbocycles. The van der Waals surface area contributed by atoms with Crippen molar-refractivity contribution in [2.45, 2.75) is 52.1 Å². The molecule has 2 atom stereocenters. The first kappa shape index (κ1) is 17.9. The summed E-state index contributed by atoms with van der Waals surface area (Å²) in [5.74, 6) is 0.241. The first-order valence-electron chi connectivity index (χ1n) is 6.97. The summed E-state index contributed by atoms with van der Waals surface area (Å²) in [4.78, 5) is 2.18. The first-order valence-corrected chi connectivity index (χ1v) is 9.03. The molecule has 0 aliphatic rings. The molecule has 1 N–H and O–H groups in total. The van der Waals surface area contributed by atoms with Crippen LogP contribution in [-0.2, 0) is 9.84 Å². The molecule has 0 radical (unpaired) electrons. The molecule has 0 amide bonds. The van der Waals surface area contributed by atoms with Gasteiger partial charge in [-0.2, -0.15) is 0 Å². The smallest absolute Gasteiger partial charge is 0.148 e. The Morgan fingerprint density at radius 3 is 2.22 bits per heavy atom. The molecule has 0 saturated carbocycles. The average molecular weight is 278 g/mol. The summed E-state index contributed by atoms with van der Waals surface area (Å²) in [5.41, 5.74) is 0. The Bertz CT molecular complexity index is 298. The summed E-state index contributed by atoms with van der Waals surface area (Å²) < 4.78 is 22.5. The Kier molecular flexibility index (Phi) is 8.82. The topological polar surface area (TPSA) is 49.4 Å². The van der Waals surface area contributed by atoms with Crippen molar-refractivity contribution in [2.75, 3.05) is 32.1 Å². The van der Waals surface area contributed by atoms with Crippen LogP contribution in [0.3, 0.4) is 0 Å². The van der Waals surface area contributed by atoms with Gasteiger partial charge in [0.05, 0.1) is 5.75 Å². The summed E-state index contributed by atoms with van der Waals surface area (Å²) in [7, 11) is -0.846. The maximum absolute atomic E-state index is 11.2. The monoisotopic (exact) mass is 278 g/mol. The molecular formula is C13H30N2O2S. The standard InChI is InChI=1S/C13H30N2O2S/c1-6-9-12(14-8-3)13(7-2)15(4)10-11-18(5,16)17/h12-14H,6-11H2,1-5H3. The van der Waals surface area contributed by atoms with Gasteiger partial charge in [-0.25, -0.2) is 8.42 Å². The largest absolute Gasteiger partial charge is 0.313 e. The lowest BCUT2D eigenvalue weighted by Gasteiger charge is -2.34. The summed E-state index contributed by atoms with van der Waals surface area (Å²) in [6.07, 6.45) is 4.62. The molecule has 0 heterocycles. The number of hydrogen-bond acceptors (Lipinski definition) is 4. The molecule has 0 saturated heterocycles. The van der Waals surface area contributed by atoms with E-state index in [1.165, 1.54) is 6.26 Å². The lowest BCUT2D eigenvalue weighted by molar-refractivity contribution is 0.189. The van der Waals surface area contributed by atoms with Crippen LogP contribution in [0.4, 0.5) is 0 Å². The van der Waals surface area contributed by atoms with Gasteiger partial charge in [0.25, 0.3) is 0 Å². The van der Waals surface area contributed by atoms with Crippen LogP contribution in [0.1, 0.15) is 40.0 Å². The Morgan fingerprint density at radius 2 is 1.83 bits per heavy atom. The van der Waals surface area contributed by atoms with Crippen molar-refractivity contribution in [1.82, 2.24) is 10.2 Å². The molecule has 0 aromatic rings. The molecular weight excluding hydrogens is 248 g/mol. The number of likely N-dealkylation sites (N-methyl/N-ethyl adjacent to an activating group) is 2. The molecule has 0 aromatic heterocycles. The highest BCUT2D eigenvalue weighted by Gasteiger charge is 2.22. The van der Waals surface area contributed by atoms with E-state index in [1.54, 1.807) is 0 Å². The Balaban J connectivity index is 4.50. The molecule has 0 rings (SSSR count). The van der Waals surface area contributed by atoms with Crippen LogP contribution in [0.5, 0.6) is 0 Å².